The lowest BCUT2D eigenvalue weighted by Gasteiger charge is -2.19. The number of rotatable bonds is 5. The monoisotopic (exact) mass is 378 g/mol. The second kappa shape index (κ2) is 7.98. The van der Waals surface area contributed by atoms with Gasteiger partial charge in [0.25, 0.3) is 0 Å². The average molecular weight is 378 g/mol. The first kappa shape index (κ1) is 19.8. The van der Waals surface area contributed by atoms with Crippen LogP contribution in [0.4, 0.5) is 5.69 Å². The Labute approximate surface area is 165 Å². The standard InChI is InChI=1S/C23H26N2O3/c1-14-9-10-19-18(11-21(27)28-23(19)17(14)4)12-25(5)13-20(26)24-22-15(2)7-6-8-16(22)3/h6-11H,12-13H2,1-5H3,(H,24,26). The van der Waals surface area contributed by atoms with Gasteiger partial charge in [-0.2, -0.15) is 0 Å². The van der Waals surface area contributed by atoms with Crippen molar-refractivity contribution in [3.8, 4) is 0 Å². The van der Waals surface area contributed by atoms with Crippen molar-refractivity contribution in [2.45, 2.75) is 34.2 Å². The summed E-state index contributed by atoms with van der Waals surface area (Å²) in [5.41, 5.74) is 6.08. The molecule has 28 heavy (non-hydrogen) atoms. The van der Waals surface area contributed by atoms with E-state index in [0.29, 0.717) is 12.1 Å². The number of anilines is 1. The van der Waals surface area contributed by atoms with E-state index >= 15 is 0 Å². The summed E-state index contributed by atoms with van der Waals surface area (Å²) in [6.07, 6.45) is 0. The topological polar surface area (TPSA) is 62.6 Å². The van der Waals surface area contributed by atoms with Crippen LogP contribution in [0.1, 0.15) is 27.8 Å². The summed E-state index contributed by atoms with van der Waals surface area (Å²) in [6.45, 7) is 8.60. The minimum Gasteiger partial charge on any atom is -0.422 e. The lowest BCUT2D eigenvalue weighted by atomic mass is 10.0. The normalized spacial score (nSPS) is 11.2. The van der Waals surface area contributed by atoms with Crippen LogP contribution in [0.2, 0.25) is 0 Å². The summed E-state index contributed by atoms with van der Waals surface area (Å²) in [6, 6.07) is 11.4. The number of likely N-dealkylation sites (N-methyl/N-ethyl adjacent to an activating group) is 1. The van der Waals surface area contributed by atoms with Crippen molar-refractivity contribution < 1.29 is 9.21 Å². The smallest absolute Gasteiger partial charge is 0.336 e. The molecule has 0 spiro atoms. The minimum absolute atomic E-state index is 0.0841. The average Bonchev–Trinajstić information content (AvgIpc) is 2.61. The maximum absolute atomic E-state index is 12.5. The predicted molar refractivity (Wildman–Crippen MR) is 113 cm³/mol. The Kier molecular flexibility index (Phi) is 5.66. The molecule has 1 heterocycles. The minimum atomic E-state index is -0.371. The summed E-state index contributed by atoms with van der Waals surface area (Å²) in [5, 5.41) is 3.91. The second-order valence-electron chi connectivity index (χ2n) is 7.46. The number of aryl methyl sites for hydroxylation is 4. The van der Waals surface area contributed by atoms with E-state index in [0.717, 1.165) is 38.9 Å². The van der Waals surface area contributed by atoms with E-state index in [9.17, 15) is 9.59 Å². The van der Waals surface area contributed by atoms with Crippen LogP contribution in [0.25, 0.3) is 11.0 Å². The molecule has 0 aliphatic heterocycles. The van der Waals surface area contributed by atoms with Crippen LogP contribution in [0.15, 0.2) is 45.6 Å². The fourth-order valence-corrected chi connectivity index (χ4v) is 3.44. The molecule has 0 aliphatic carbocycles. The molecule has 0 atom stereocenters. The molecule has 146 valence electrons. The SMILES string of the molecule is Cc1cccc(C)c1NC(=O)CN(C)Cc1cc(=O)oc2c(C)c(C)ccc12. The van der Waals surface area contributed by atoms with Gasteiger partial charge in [0.2, 0.25) is 5.91 Å². The lowest BCUT2D eigenvalue weighted by Crippen LogP contribution is -2.30. The van der Waals surface area contributed by atoms with Gasteiger partial charge in [0.15, 0.2) is 0 Å². The van der Waals surface area contributed by atoms with Crippen LogP contribution in [0.5, 0.6) is 0 Å². The highest BCUT2D eigenvalue weighted by Crippen LogP contribution is 2.24. The number of nitrogens with one attached hydrogen (secondary N) is 1. The van der Waals surface area contributed by atoms with E-state index in [2.05, 4.69) is 5.32 Å². The van der Waals surface area contributed by atoms with Gasteiger partial charge in [0, 0.05) is 23.7 Å². The fourth-order valence-electron chi connectivity index (χ4n) is 3.44. The second-order valence-corrected chi connectivity index (χ2v) is 7.46. The number of hydrogen-bond acceptors (Lipinski definition) is 4. The van der Waals surface area contributed by atoms with Crippen LogP contribution in [-0.2, 0) is 11.3 Å². The van der Waals surface area contributed by atoms with Crippen molar-refractivity contribution in [1.29, 1.82) is 0 Å². The van der Waals surface area contributed by atoms with Crippen molar-refractivity contribution in [2.24, 2.45) is 0 Å². The van der Waals surface area contributed by atoms with Crippen LogP contribution >= 0.6 is 0 Å². The molecule has 1 aromatic heterocycles. The zero-order valence-corrected chi connectivity index (χ0v) is 17.1. The molecule has 0 unspecified atom stereocenters. The van der Waals surface area contributed by atoms with Crippen LogP contribution < -0.4 is 10.9 Å². The highest BCUT2D eigenvalue weighted by atomic mass is 16.4. The molecule has 0 fully saturated rings. The van der Waals surface area contributed by atoms with E-state index in [4.69, 9.17) is 4.42 Å². The van der Waals surface area contributed by atoms with Gasteiger partial charge in [0.1, 0.15) is 5.58 Å². The van der Waals surface area contributed by atoms with E-state index in [1.807, 2.05) is 70.0 Å². The summed E-state index contributed by atoms with van der Waals surface area (Å²) in [7, 11) is 1.87. The van der Waals surface area contributed by atoms with Crippen molar-refractivity contribution in [3.63, 3.8) is 0 Å². The number of nitrogens with zero attached hydrogens (tertiary/aromatic N) is 1. The first-order valence-corrected chi connectivity index (χ1v) is 9.34. The summed E-state index contributed by atoms with van der Waals surface area (Å²) in [4.78, 5) is 26.4. The molecule has 2 aromatic carbocycles. The predicted octanol–water partition coefficient (Wildman–Crippen LogP) is 4.10. The molecule has 0 radical (unpaired) electrons. The molecular formula is C23H26N2O3. The number of amides is 1. The first-order valence-electron chi connectivity index (χ1n) is 9.34. The van der Waals surface area contributed by atoms with Crippen molar-refractivity contribution in [2.75, 3.05) is 18.9 Å². The molecule has 0 saturated carbocycles. The molecule has 5 heteroatoms. The molecule has 0 saturated heterocycles. The Morgan fingerprint density at radius 3 is 2.39 bits per heavy atom. The van der Waals surface area contributed by atoms with E-state index in [1.54, 1.807) is 0 Å². The Balaban J connectivity index is 1.78. The highest BCUT2D eigenvalue weighted by Gasteiger charge is 2.14. The molecule has 1 amide bonds. The number of carbonyl (C=O) groups excluding carboxylic acids is 1. The van der Waals surface area contributed by atoms with Gasteiger partial charge in [0.05, 0.1) is 6.54 Å². The number of hydrogen-bond donors (Lipinski definition) is 1. The highest BCUT2D eigenvalue weighted by molar-refractivity contribution is 5.93. The molecule has 1 N–H and O–H groups in total. The largest absolute Gasteiger partial charge is 0.422 e. The number of benzene rings is 2. The van der Waals surface area contributed by atoms with Gasteiger partial charge in [-0.1, -0.05) is 30.3 Å². The van der Waals surface area contributed by atoms with Crippen molar-refractivity contribution in [1.82, 2.24) is 4.90 Å². The fraction of sp³-hybridized carbons (Fsp3) is 0.304. The molecule has 3 rings (SSSR count). The molecule has 5 nitrogen and oxygen atoms in total. The molecule has 0 bridgehead atoms. The zero-order valence-electron chi connectivity index (χ0n) is 17.1. The van der Waals surface area contributed by atoms with Gasteiger partial charge in [-0.25, -0.2) is 4.79 Å². The third-order valence-electron chi connectivity index (χ3n) is 5.12. The third-order valence-corrected chi connectivity index (χ3v) is 5.12. The molecular weight excluding hydrogens is 352 g/mol. The van der Waals surface area contributed by atoms with Crippen molar-refractivity contribution in [3.05, 3.63) is 74.6 Å². The van der Waals surface area contributed by atoms with E-state index in [-0.39, 0.29) is 18.1 Å². The van der Waals surface area contributed by atoms with Crippen molar-refractivity contribution >= 4 is 22.6 Å². The van der Waals surface area contributed by atoms with Gasteiger partial charge in [-0.15, -0.1) is 0 Å². The third kappa shape index (κ3) is 4.15. The Morgan fingerprint density at radius 1 is 1.04 bits per heavy atom. The van der Waals surface area contributed by atoms with E-state index in [1.165, 1.54) is 6.07 Å². The number of carbonyl (C=O) groups is 1. The Hall–Kier alpha value is -2.92. The molecule has 0 aliphatic rings. The van der Waals surface area contributed by atoms with Gasteiger partial charge in [-0.05, 0) is 62.6 Å². The van der Waals surface area contributed by atoms with Crippen LogP contribution in [-0.4, -0.2) is 24.4 Å². The number of para-hydroxylation sites is 1. The summed E-state index contributed by atoms with van der Waals surface area (Å²) in [5.74, 6) is -0.0841. The Morgan fingerprint density at radius 2 is 1.71 bits per heavy atom. The van der Waals surface area contributed by atoms with Gasteiger partial charge in [-0.3, -0.25) is 9.69 Å². The Bertz CT molecular complexity index is 1080. The zero-order chi connectivity index (χ0) is 20.4. The molecule has 3 aromatic rings. The maximum atomic E-state index is 12.5. The lowest BCUT2D eigenvalue weighted by molar-refractivity contribution is -0.117. The quantitative estimate of drug-likeness (QED) is 0.679. The van der Waals surface area contributed by atoms with Crippen LogP contribution in [0, 0.1) is 27.7 Å². The van der Waals surface area contributed by atoms with E-state index < -0.39 is 0 Å². The maximum Gasteiger partial charge on any atom is 0.336 e. The van der Waals surface area contributed by atoms with Crippen LogP contribution in [0.3, 0.4) is 0 Å². The summed E-state index contributed by atoms with van der Waals surface area (Å²) < 4.78 is 5.43. The number of fused-ring (bicyclic) bond motifs is 1. The first-order chi connectivity index (χ1) is 13.3. The summed E-state index contributed by atoms with van der Waals surface area (Å²) >= 11 is 0. The van der Waals surface area contributed by atoms with Gasteiger partial charge < -0.3 is 9.73 Å². The van der Waals surface area contributed by atoms with Gasteiger partial charge >= 0.3 is 5.63 Å².